The van der Waals surface area contributed by atoms with Crippen molar-refractivity contribution in [2.45, 2.75) is 0 Å². The summed E-state index contributed by atoms with van der Waals surface area (Å²) in [5, 5.41) is 11.1. The number of nitrogens with two attached hydrogens (primary N) is 1. The predicted octanol–water partition coefficient (Wildman–Crippen LogP) is 0.180. The molecule has 7 nitrogen and oxygen atoms in total. The Labute approximate surface area is 101 Å². The molecular formula is C9H8ClN5O2. The van der Waals surface area contributed by atoms with Crippen LogP contribution in [-0.2, 0) is 4.79 Å². The van der Waals surface area contributed by atoms with Gasteiger partial charge in [-0.25, -0.2) is 0 Å². The molecule has 0 aliphatic carbocycles. The fourth-order valence-electron chi connectivity index (χ4n) is 1.19. The number of rotatable bonds is 3. The smallest absolute Gasteiger partial charge is 0.325 e. The molecule has 0 bridgehead atoms. The van der Waals surface area contributed by atoms with Gasteiger partial charge in [0.15, 0.2) is 5.75 Å². The van der Waals surface area contributed by atoms with E-state index in [0.29, 0.717) is 10.7 Å². The molecule has 1 heterocycles. The first-order valence-electron chi connectivity index (χ1n) is 4.64. The van der Waals surface area contributed by atoms with Gasteiger partial charge in [0.25, 0.3) is 0 Å². The lowest BCUT2D eigenvalue weighted by Gasteiger charge is -2.08. The lowest BCUT2D eigenvalue weighted by atomic mass is 10.3. The molecule has 8 heteroatoms. The molecule has 1 aromatic carbocycles. The van der Waals surface area contributed by atoms with Gasteiger partial charge in [-0.15, -0.1) is 5.10 Å². The molecule has 0 aliphatic heterocycles. The number of benzene rings is 1. The van der Waals surface area contributed by atoms with Crippen LogP contribution >= 0.6 is 11.6 Å². The molecule has 2 N–H and O–H groups in total. The van der Waals surface area contributed by atoms with Gasteiger partial charge >= 0.3 is 5.97 Å². The monoisotopic (exact) mass is 253 g/mol. The van der Waals surface area contributed by atoms with Crippen molar-refractivity contribution in [2.24, 2.45) is 5.73 Å². The van der Waals surface area contributed by atoms with Crippen LogP contribution in [0.25, 0.3) is 5.69 Å². The molecule has 88 valence electrons. The number of esters is 1. The lowest BCUT2D eigenvalue weighted by molar-refractivity contribution is -0.132. The number of tetrazole rings is 1. The van der Waals surface area contributed by atoms with E-state index in [1.54, 1.807) is 12.1 Å². The first-order valence-corrected chi connectivity index (χ1v) is 5.02. The number of carbonyl (C=O) groups excluding carboxylic acids is 1. The van der Waals surface area contributed by atoms with E-state index in [1.165, 1.54) is 17.1 Å². The van der Waals surface area contributed by atoms with Gasteiger partial charge in [0, 0.05) is 11.1 Å². The highest BCUT2D eigenvalue weighted by Crippen LogP contribution is 2.26. The minimum atomic E-state index is -0.568. The molecular weight excluding hydrogens is 246 g/mol. The molecule has 17 heavy (non-hydrogen) atoms. The van der Waals surface area contributed by atoms with E-state index in [1.807, 2.05) is 0 Å². The minimum absolute atomic E-state index is 0.221. The number of carbonyl (C=O) groups is 1. The van der Waals surface area contributed by atoms with Crippen LogP contribution in [-0.4, -0.2) is 32.7 Å². The van der Waals surface area contributed by atoms with Gasteiger partial charge in [-0.1, -0.05) is 11.6 Å². The highest BCUT2D eigenvalue weighted by molar-refractivity contribution is 6.30. The maximum atomic E-state index is 11.2. The zero-order chi connectivity index (χ0) is 12.3. The highest BCUT2D eigenvalue weighted by Gasteiger charge is 2.11. The number of ether oxygens (including phenoxy) is 1. The maximum Gasteiger partial charge on any atom is 0.325 e. The van der Waals surface area contributed by atoms with Gasteiger partial charge in [0.2, 0.25) is 0 Å². The van der Waals surface area contributed by atoms with Gasteiger partial charge in [-0.3, -0.25) is 4.79 Å². The molecule has 0 fully saturated rings. The van der Waals surface area contributed by atoms with E-state index in [9.17, 15) is 4.79 Å². The predicted molar refractivity (Wildman–Crippen MR) is 58.9 cm³/mol. The standard InChI is InChI=1S/C9H8ClN5O2/c10-6-1-2-7(15-5-12-13-14-15)8(3-6)17-9(16)4-11/h1-3,5H,4,11H2. The first-order chi connectivity index (χ1) is 8.20. The van der Waals surface area contributed by atoms with Gasteiger partial charge in [0.05, 0.1) is 6.54 Å². The SMILES string of the molecule is NCC(=O)Oc1cc(Cl)ccc1-n1cnnn1. The van der Waals surface area contributed by atoms with E-state index in [0.717, 1.165) is 0 Å². The maximum absolute atomic E-state index is 11.2. The van der Waals surface area contributed by atoms with E-state index < -0.39 is 5.97 Å². The van der Waals surface area contributed by atoms with Crippen LogP contribution in [0.3, 0.4) is 0 Å². The highest BCUT2D eigenvalue weighted by atomic mass is 35.5. The normalized spacial score (nSPS) is 10.2. The Balaban J connectivity index is 2.41. The third kappa shape index (κ3) is 2.58. The Hall–Kier alpha value is -1.99. The zero-order valence-corrected chi connectivity index (χ0v) is 9.33. The van der Waals surface area contributed by atoms with Gasteiger partial charge in [-0.2, -0.15) is 4.68 Å². The van der Waals surface area contributed by atoms with Crippen LogP contribution < -0.4 is 10.5 Å². The number of hydrogen-bond acceptors (Lipinski definition) is 6. The van der Waals surface area contributed by atoms with Gasteiger partial charge in [0.1, 0.15) is 12.0 Å². The molecule has 0 aliphatic rings. The summed E-state index contributed by atoms with van der Waals surface area (Å²) in [5.41, 5.74) is 5.67. The lowest BCUT2D eigenvalue weighted by Crippen LogP contribution is -2.20. The summed E-state index contributed by atoms with van der Waals surface area (Å²) >= 11 is 5.82. The largest absolute Gasteiger partial charge is 0.423 e. The summed E-state index contributed by atoms with van der Waals surface area (Å²) < 4.78 is 6.39. The van der Waals surface area contributed by atoms with Crippen molar-refractivity contribution in [3.8, 4) is 11.4 Å². The molecule has 0 radical (unpaired) electrons. The van der Waals surface area contributed by atoms with Crippen molar-refractivity contribution in [3.05, 3.63) is 29.5 Å². The summed E-state index contributed by atoms with van der Waals surface area (Å²) in [4.78, 5) is 11.2. The second kappa shape index (κ2) is 4.89. The number of aromatic nitrogens is 4. The topological polar surface area (TPSA) is 95.9 Å². The van der Waals surface area contributed by atoms with E-state index in [4.69, 9.17) is 22.1 Å². The van der Waals surface area contributed by atoms with Crippen LogP contribution in [0, 0.1) is 0 Å². The van der Waals surface area contributed by atoms with Crippen molar-refractivity contribution in [2.75, 3.05) is 6.54 Å². The average molecular weight is 254 g/mol. The van der Waals surface area contributed by atoms with Crippen molar-refractivity contribution in [3.63, 3.8) is 0 Å². The second-order valence-corrected chi connectivity index (χ2v) is 3.48. The molecule has 1 aromatic heterocycles. The van der Waals surface area contributed by atoms with E-state index >= 15 is 0 Å². The van der Waals surface area contributed by atoms with Crippen molar-refractivity contribution in [1.82, 2.24) is 20.2 Å². The molecule has 2 aromatic rings. The molecule has 0 unspecified atom stereocenters. The Morgan fingerprint density at radius 1 is 1.53 bits per heavy atom. The summed E-state index contributed by atoms with van der Waals surface area (Å²) in [6.45, 7) is -0.221. The molecule has 0 spiro atoms. The molecule has 0 atom stereocenters. The van der Waals surface area contributed by atoms with Crippen LogP contribution in [0.5, 0.6) is 5.75 Å². The molecule has 2 rings (SSSR count). The number of hydrogen-bond donors (Lipinski definition) is 1. The van der Waals surface area contributed by atoms with Gasteiger partial charge < -0.3 is 10.5 Å². The Morgan fingerprint density at radius 2 is 2.35 bits per heavy atom. The Kier molecular flexibility index (Phi) is 3.31. The van der Waals surface area contributed by atoms with Crippen LogP contribution in [0.15, 0.2) is 24.5 Å². The Bertz CT molecular complexity index is 528. The molecule has 0 amide bonds. The van der Waals surface area contributed by atoms with Crippen LogP contribution in [0.1, 0.15) is 0 Å². The third-order valence-electron chi connectivity index (χ3n) is 1.91. The first kappa shape index (κ1) is 11.5. The van der Waals surface area contributed by atoms with Gasteiger partial charge in [-0.05, 0) is 22.6 Å². The summed E-state index contributed by atoms with van der Waals surface area (Å²) in [6, 6.07) is 4.77. The fourth-order valence-corrected chi connectivity index (χ4v) is 1.36. The summed E-state index contributed by atoms with van der Waals surface area (Å²) in [5.74, 6) is -0.318. The fraction of sp³-hybridized carbons (Fsp3) is 0.111. The molecule has 0 saturated carbocycles. The second-order valence-electron chi connectivity index (χ2n) is 3.04. The van der Waals surface area contributed by atoms with Crippen molar-refractivity contribution >= 4 is 17.6 Å². The summed E-state index contributed by atoms with van der Waals surface area (Å²) in [6.07, 6.45) is 1.38. The van der Waals surface area contributed by atoms with Crippen LogP contribution in [0.4, 0.5) is 0 Å². The third-order valence-corrected chi connectivity index (χ3v) is 2.14. The molecule has 0 saturated heterocycles. The Morgan fingerprint density at radius 3 is 3.00 bits per heavy atom. The van der Waals surface area contributed by atoms with Crippen molar-refractivity contribution in [1.29, 1.82) is 0 Å². The number of nitrogens with zero attached hydrogens (tertiary/aromatic N) is 4. The van der Waals surface area contributed by atoms with Crippen molar-refractivity contribution < 1.29 is 9.53 Å². The van der Waals surface area contributed by atoms with E-state index in [2.05, 4.69) is 15.5 Å². The van der Waals surface area contributed by atoms with E-state index in [-0.39, 0.29) is 12.3 Å². The number of halogens is 1. The quantitative estimate of drug-likeness (QED) is 0.619. The summed E-state index contributed by atoms with van der Waals surface area (Å²) in [7, 11) is 0. The van der Waals surface area contributed by atoms with Crippen LogP contribution in [0.2, 0.25) is 5.02 Å². The zero-order valence-electron chi connectivity index (χ0n) is 8.58. The minimum Gasteiger partial charge on any atom is -0.423 e. The average Bonchev–Trinajstić information content (AvgIpc) is 2.82.